The molecular weight excluding hydrogens is 350 g/mol. The Bertz CT molecular complexity index is 876. The second-order valence-electron chi connectivity index (χ2n) is 6.84. The zero-order chi connectivity index (χ0) is 18.6. The molecule has 142 valence electrons. The summed E-state index contributed by atoms with van der Waals surface area (Å²) in [6, 6.07) is 9.44. The first kappa shape index (κ1) is 17.9. The van der Waals surface area contributed by atoms with Crippen molar-refractivity contribution in [2.45, 2.75) is 38.5 Å². The molecule has 1 aromatic carbocycles. The molecule has 0 unspecified atom stereocenters. The van der Waals surface area contributed by atoms with Crippen molar-refractivity contribution < 1.29 is 13.5 Å². The van der Waals surface area contributed by atoms with Crippen molar-refractivity contribution in [1.82, 2.24) is 19.4 Å². The van der Waals surface area contributed by atoms with Crippen LogP contribution in [0.4, 0.5) is 8.78 Å². The van der Waals surface area contributed by atoms with E-state index in [0.29, 0.717) is 0 Å². The summed E-state index contributed by atoms with van der Waals surface area (Å²) in [7, 11) is 0. The molecule has 27 heavy (non-hydrogen) atoms. The number of ether oxygens (including phenoxy) is 1. The lowest BCUT2D eigenvalue weighted by Crippen LogP contribution is -2.38. The van der Waals surface area contributed by atoms with Gasteiger partial charge in [0.15, 0.2) is 0 Å². The maximum Gasteiger partial charge on any atom is 0.256 e. The van der Waals surface area contributed by atoms with Gasteiger partial charge >= 0.3 is 0 Å². The van der Waals surface area contributed by atoms with E-state index in [2.05, 4.69) is 14.9 Å². The Morgan fingerprint density at radius 1 is 1.15 bits per heavy atom. The number of likely N-dealkylation sites (tertiary alicyclic amines) is 1. The van der Waals surface area contributed by atoms with Gasteiger partial charge in [-0.25, -0.2) is 18.7 Å². The van der Waals surface area contributed by atoms with E-state index < -0.39 is 6.43 Å². The number of piperidine rings is 1. The molecule has 0 aliphatic carbocycles. The molecule has 0 bridgehead atoms. The molecule has 0 spiro atoms. The zero-order valence-electron chi connectivity index (χ0n) is 15.0. The molecule has 7 heteroatoms. The Kier molecular flexibility index (Phi) is 5.29. The van der Waals surface area contributed by atoms with Crippen molar-refractivity contribution in [3.63, 3.8) is 0 Å². The van der Waals surface area contributed by atoms with Crippen LogP contribution in [0.5, 0.6) is 5.75 Å². The van der Waals surface area contributed by atoms with E-state index in [0.717, 1.165) is 54.8 Å². The highest BCUT2D eigenvalue weighted by atomic mass is 19.3. The van der Waals surface area contributed by atoms with Crippen LogP contribution < -0.4 is 4.74 Å². The number of fused-ring (bicyclic) bond motifs is 1. The molecule has 0 saturated carbocycles. The Morgan fingerprint density at radius 3 is 2.74 bits per heavy atom. The van der Waals surface area contributed by atoms with Crippen molar-refractivity contribution in [2.24, 2.45) is 0 Å². The highest BCUT2D eigenvalue weighted by Crippen LogP contribution is 2.29. The second-order valence-corrected chi connectivity index (χ2v) is 6.84. The van der Waals surface area contributed by atoms with Gasteiger partial charge in [-0.3, -0.25) is 4.90 Å². The fourth-order valence-corrected chi connectivity index (χ4v) is 3.61. The number of hydrogen-bond acceptors (Lipinski definition) is 4. The van der Waals surface area contributed by atoms with Gasteiger partial charge in [-0.05, 0) is 37.1 Å². The summed E-state index contributed by atoms with van der Waals surface area (Å²) in [5.74, 6) is 0.773. The minimum Gasteiger partial charge on any atom is -0.490 e. The van der Waals surface area contributed by atoms with E-state index in [4.69, 9.17) is 4.74 Å². The molecule has 0 radical (unpaired) electrons. The molecule has 0 amide bonds. The van der Waals surface area contributed by atoms with E-state index in [1.54, 1.807) is 23.3 Å². The van der Waals surface area contributed by atoms with Crippen molar-refractivity contribution >= 4 is 10.9 Å². The van der Waals surface area contributed by atoms with Crippen LogP contribution in [0.15, 0.2) is 49.1 Å². The van der Waals surface area contributed by atoms with Crippen molar-refractivity contribution in [3.8, 4) is 5.75 Å². The fraction of sp³-hybridized carbons (Fsp3) is 0.400. The van der Waals surface area contributed by atoms with Crippen molar-refractivity contribution in [3.05, 3.63) is 54.7 Å². The van der Waals surface area contributed by atoms with Crippen LogP contribution in [0.25, 0.3) is 10.9 Å². The lowest BCUT2D eigenvalue weighted by atomic mass is 10.1. The van der Waals surface area contributed by atoms with E-state index in [1.165, 1.54) is 0 Å². The Labute approximate surface area is 156 Å². The first-order valence-electron chi connectivity index (χ1n) is 9.19. The summed E-state index contributed by atoms with van der Waals surface area (Å²) in [5.41, 5.74) is 1.81. The summed E-state index contributed by atoms with van der Waals surface area (Å²) in [6.45, 7) is 2.41. The number of aromatic nitrogens is 3. The average molecular weight is 372 g/mol. The number of alkyl halides is 2. The van der Waals surface area contributed by atoms with Crippen LogP contribution in [0.3, 0.4) is 0 Å². The maximum absolute atomic E-state index is 12.7. The standard InChI is InChI=1S/C20H22F2N4O/c21-20(22)13-26-11-7-17-18(26)2-1-3-19(17)27-16-5-9-25(10-6-16)12-15-4-8-23-14-24-15/h1-4,7-8,11,14,16,20H,5-6,9-10,12-13H2. The molecule has 1 aliphatic heterocycles. The van der Waals surface area contributed by atoms with Gasteiger partial charge in [0.2, 0.25) is 0 Å². The minimum absolute atomic E-state index is 0.135. The SMILES string of the molecule is FC(F)Cn1ccc2c(OC3CCN(Cc4ccncn4)CC3)cccc21. The van der Waals surface area contributed by atoms with E-state index >= 15 is 0 Å². The molecule has 3 heterocycles. The van der Waals surface area contributed by atoms with Gasteiger partial charge in [0.25, 0.3) is 6.43 Å². The van der Waals surface area contributed by atoms with Gasteiger partial charge < -0.3 is 9.30 Å². The van der Waals surface area contributed by atoms with Crippen molar-refractivity contribution in [2.75, 3.05) is 13.1 Å². The second kappa shape index (κ2) is 8.00. The normalized spacial score (nSPS) is 16.3. The number of nitrogens with zero attached hydrogens (tertiary/aromatic N) is 4. The summed E-state index contributed by atoms with van der Waals surface area (Å²) in [5, 5.41) is 0.890. The number of rotatable bonds is 6. The Hall–Kier alpha value is -2.54. The lowest BCUT2D eigenvalue weighted by molar-refractivity contribution is 0.0972. The number of benzene rings is 1. The molecule has 5 nitrogen and oxygen atoms in total. The van der Waals surface area contributed by atoms with Gasteiger partial charge in [-0.15, -0.1) is 0 Å². The average Bonchev–Trinajstić information content (AvgIpc) is 3.08. The van der Waals surface area contributed by atoms with E-state index in [9.17, 15) is 8.78 Å². The van der Waals surface area contributed by atoms with Crippen LogP contribution in [-0.4, -0.2) is 45.1 Å². The highest BCUT2D eigenvalue weighted by molar-refractivity contribution is 5.86. The summed E-state index contributed by atoms with van der Waals surface area (Å²) in [4.78, 5) is 10.6. The largest absolute Gasteiger partial charge is 0.490 e. The molecule has 4 rings (SSSR count). The summed E-state index contributed by atoms with van der Waals surface area (Å²) >= 11 is 0. The molecule has 0 N–H and O–H groups in total. The van der Waals surface area contributed by atoms with Gasteiger partial charge in [-0.1, -0.05) is 6.07 Å². The summed E-state index contributed by atoms with van der Waals surface area (Å²) in [6.07, 6.45) is 4.66. The first-order chi connectivity index (χ1) is 13.2. The molecular formula is C20H22F2N4O. The maximum atomic E-state index is 12.7. The molecule has 3 aromatic rings. The third-order valence-corrected chi connectivity index (χ3v) is 4.97. The molecule has 2 aromatic heterocycles. The number of halogens is 2. The fourth-order valence-electron chi connectivity index (χ4n) is 3.61. The van der Waals surface area contributed by atoms with Gasteiger partial charge in [0, 0.05) is 37.4 Å². The molecule has 1 aliphatic rings. The van der Waals surface area contributed by atoms with Crippen LogP contribution in [-0.2, 0) is 13.1 Å². The zero-order valence-corrected chi connectivity index (χ0v) is 15.0. The van der Waals surface area contributed by atoms with Gasteiger partial charge in [0.1, 0.15) is 18.2 Å². The predicted molar refractivity (Wildman–Crippen MR) is 98.9 cm³/mol. The van der Waals surface area contributed by atoms with Crippen LogP contribution in [0.1, 0.15) is 18.5 Å². The van der Waals surface area contributed by atoms with Crippen LogP contribution in [0.2, 0.25) is 0 Å². The highest BCUT2D eigenvalue weighted by Gasteiger charge is 2.22. The van der Waals surface area contributed by atoms with Gasteiger partial charge in [-0.2, -0.15) is 0 Å². The molecule has 0 atom stereocenters. The lowest BCUT2D eigenvalue weighted by Gasteiger charge is -2.32. The first-order valence-corrected chi connectivity index (χ1v) is 9.19. The Morgan fingerprint density at radius 2 is 2.00 bits per heavy atom. The quantitative estimate of drug-likeness (QED) is 0.661. The van der Waals surface area contributed by atoms with Crippen molar-refractivity contribution in [1.29, 1.82) is 0 Å². The smallest absolute Gasteiger partial charge is 0.256 e. The molecule has 1 saturated heterocycles. The topological polar surface area (TPSA) is 43.2 Å². The molecule has 1 fully saturated rings. The third kappa shape index (κ3) is 4.24. The Balaban J connectivity index is 1.38. The van der Waals surface area contributed by atoms with E-state index in [-0.39, 0.29) is 12.6 Å². The predicted octanol–water partition coefficient (Wildman–Crippen LogP) is 3.74. The van der Waals surface area contributed by atoms with E-state index in [1.807, 2.05) is 30.3 Å². The van der Waals surface area contributed by atoms with Crippen LogP contribution >= 0.6 is 0 Å². The minimum atomic E-state index is -2.37. The summed E-state index contributed by atoms with van der Waals surface area (Å²) < 4.78 is 33.3. The monoisotopic (exact) mass is 372 g/mol. The van der Waals surface area contributed by atoms with Crippen LogP contribution in [0, 0.1) is 0 Å². The third-order valence-electron chi connectivity index (χ3n) is 4.97. The van der Waals surface area contributed by atoms with Gasteiger partial charge in [0.05, 0.1) is 17.8 Å². The number of hydrogen-bond donors (Lipinski definition) is 0.